The summed E-state index contributed by atoms with van der Waals surface area (Å²) in [7, 11) is 3.12. The second kappa shape index (κ2) is 7.88. The Kier molecular flexibility index (Phi) is 5.58. The van der Waals surface area contributed by atoms with Crippen LogP contribution in [0.3, 0.4) is 0 Å². The van der Waals surface area contributed by atoms with Crippen LogP contribution < -0.4 is 9.47 Å². The Hall–Kier alpha value is -2.38. The van der Waals surface area contributed by atoms with E-state index in [4.69, 9.17) is 9.47 Å². The standard InChI is InChI=1S/C19H16BrNO4S/c1-24-15-9-11(8-13(20)18(15)25-2)7-12(10-17(22)23)19-21-14-5-3-4-6-16(14)26-19/h3-9H,10H2,1-2H3,(H,22,23)/b12-7+. The molecule has 1 N–H and O–H groups in total. The molecule has 3 rings (SSSR count). The molecule has 7 heteroatoms. The summed E-state index contributed by atoms with van der Waals surface area (Å²) >= 11 is 4.94. The second-order valence-corrected chi connectivity index (χ2v) is 7.35. The van der Waals surface area contributed by atoms with Crippen molar-refractivity contribution < 1.29 is 19.4 Å². The Bertz CT molecular complexity index is 963. The largest absolute Gasteiger partial charge is 0.493 e. The number of thiazole rings is 1. The molecule has 0 aliphatic heterocycles. The summed E-state index contributed by atoms with van der Waals surface area (Å²) in [5, 5.41) is 10.0. The predicted octanol–water partition coefficient (Wildman–Crippen LogP) is 5.09. The molecule has 0 spiro atoms. The van der Waals surface area contributed by atoms with Crippen LogP contribution in [0.1, 0.15) is 17.0 Å². The summed E-state index contributed by atoms with van der Waals surface area (Å²) in [5.41, 5.74) is 2.29. The third-order valence-electron chi connectivity index (χ3n) is 3.71. The van der Waals surface area contributed by atoms with E-state index in [1.54, 1.807) is 20.3 Å². The monoisotopic (exact) mass is 433 g/mol. The van der Waals surface area contributed by atoms with Gasteiger partial charge in [-0.05, 0) is 57.4 Å². The summed E-state index contributed by atoms with van der Waals surface area (Å²) in [6, 6.07) is 11.4. The van der Waals surface area contributed by atoms with Crippen molar-refractivity contribution in [1.29, 1.82) is 0 Å². The van der Waals surface area contributed by atoms with Gasteiger partial charge in [-0.1, -0.05) is 12.1 Å². The number of carboxylic acids is 1. The second-order valence-electron chi connectivity index (χ2n) is 5.47. The highest BCUT2D eigenvalue weighted by atomic mass is 79.9. The first-order valence-electron chi connectivity index (χ1n) is 7.71. The lowest BCUT2D eigenvalue weighted by Crippen LogP contribution is -1.97. The molecule has 0 atom stereocenters. The molecule has 1 heterocycles. The topological polar surface area (TPSA) is 68.7 Å². The van der Waals surface area contributed by atoms with Gasteiger partial charge >= 0.3 is 5.97 Å². The zero-order valence-electron chi connectivity index (χ0n) is 14.2. The van der Waals surface area contributed by atoms with Gasteiger partial charge in [-0.25, -0.2) is 4.98 Å². The van der Waals surface area contributed by atoms with E-state index in [0.717, 1.165) is 20.3 Å². The fourth-order valence-electron chi connectivity index (χ4n) is 2.58. The maximum atomic E-state index is 11.4. The van der Waals surface area contributed by atoms with Crippen molar-refractivity contribution in [1.82, 2.24) is 4.98 Å². The van der Waals surface area contributed by atoms with Crippen molar-refractivity contribution in [2.24, 2.45) is 0 Å². The molecule has 0 saturated carbocycles. The number of para-hydroxylation sites is 1. The van der Waals surface area contributed by atoms with E-state index < -0.39 is 5.97 Å². The van der Waals surface area contributed by atoms with E-state index in [0.29, 0.717) is 22.1 Å². The molecular weight excluding hydrogens is 418 g/mol. The molecule has 0 bridgehead atoms. The Balaban J connectivity index is 2.10. The van der Waals surface area contributed by atoms with Gasteiger partial charge in [0.1, 0.15) is 5.01 Å². The number of methoxy groups -OCH3 is 2. The summed E-state index contributed by atoms with van der Waals surface area (Å²) in [5.74, 6) is 0.242. The third kappa shape index (κ3) is 3.89. The Morgan fingerprint density at radius 3 is 2.69 bits per heavy atom. The van der Waals surface area contributed by atoms with Gasteiger partial charge in [-0.2, -0.15) is 0 Å². The summed E-state index contributed by atoms with van der Waals surface area (Å²) in [4.78, 5) is 15.9. The van der Waals surface area contributed by atoms with Crippen LogP contribution in [0.15, 0.2) is 40.9 Å². The molecule has 0 aliphatic rings. The maximum absolute atomic E-state index is 11.4. The van der Waals surface area contributed by atoms with E-state index in [-0.39, 0.29) is 6.42 Å². The van der Waals surface area contributed by atoms with Crippen molar-refractivity contribution in [2.45, 2.75) is 6.42 Å². The molecule has 1 aromatic heterocycles. The van der Waals surface area contributed by atoms with Crippen LogP contribution in [0.5, 0.6) is 11.5 Å². The number of aliphatic carboxylic acids is 1. The zero-order chi connectivity index (χ0) is 18.7. The number of rotatable bonds is 6. The van der Waals surface area contributed by atoms with Crippen LogP contribution in [0.2, 0.25) is 0 Å². The smallest absolute Gasteiger partial charge is 0.307 e. The molecule has 0 unspecified atom stereocenters. The lowest BCUT2D eigenvalue weighted by Gasteiger charge is -2.11. The molecular formula is C19H16BrNO4S. The van der Waals surface area contributed by atoms with Gasteiger partial charge in [0.2, 0.25) is 0 Å². The number of fused-ring (bicyclic) bond motifs is 1. The molecule has 2 aromatic carbocycles. The third-order valence-corrected chi connectivity index (χ3v) is 5.41. The number of carboxylic acid groups (broad SMARTS) is 1. The van der Waals surface area contributed by atoms with Crippen LogP contribution in [-0.4, -0.2) is 30.3 Å². The maximum Gasteiger partial charge on any atom is 0.307 e. The minimum Gasteiger partial charge on any atom is -0.493 e. The van der Waals surface area contributed by atoms with Gasteiger partial charge in [0, 0.05) is 0 Å². The van der Waals surface area contributed by atoms with Gasteiger partial charge in [0.25, 0.3) is 0 Å². The van der Waals surface area contributed by atoms with Crippen molar-refractivity contribution in [3.05, 3.63) is 51.4 Å². The number of nitrogens with zero attached hydrogens (tertiary/aromatic N) is 1. The highest BCUT2D eigenvalue weighted by Crippen LogP contribution is 2.38. The quantitative estimate of drug-likeness (QED) is 0.585. The number of aromatic nitrogens is 1. The van der Waals surface area contributed by atoms with Crippen molar-refractivity contribution in [3.8, 4) is 11.5 Å². The number of hydrogen-bond acceptors (Lipinski definition) is 5. The fourth-order valence-corrected chi connectivity index (χ4v) is 4.18. The molecule has 26 heavy (non-hydrogen) atoms. The average molecular weight is 434 g/mol. The van der Waals surface area contributed by atoms with Gasteiger partial charge in [0.15, 0.2) is 11.5 Å². The normalized spacial score (nSPS) is 11.6. The highest BCUT2D eigenvalue weighted by Gasteiger charge is 2.15. The van der Waals surface area contributed by atoms with Crippen molar-refractivity contribution in [3.63, 3.8) is 0 Å². The molecule has 0 aliphatic carbocycles. The van der Waals surface area contributed by atoms with Gasteiger partial charge in [-0.15, -0.1) is 11.3 Å². The van der Waals surface area contributed by atoms with Gasteiger partial charge in [-0.3, -0.25) is 4.79 Å². The summed E-state index contributed by atoms with van der Waals surface area (Å²) in [6.45, 7) is 0. The van der Waals surface area contributed by atoms with E-state index in [9.17, 15) is 9.90 Å². The Morgan fingerprint density at radius 1 is 1.27 bits per heavy atom. The first-order valence-corrected chi connectivity index (χ1v) is 9.32. The van der Waals surface area contributed by atoms with Crippen LogP contribution >= 0.6 is 27.3 Å². The summed E-state index contributed by atoms with van der Waals surface area (Å²) in [6.07, 6.45) is 1.70. The van der Waals surface area contributed by atoms with Gasteiger partial charge < -0.3 is 14.6 Å². The molecule has 0 radical (unpaired) electrons. The Labute approximate surface area is 163 Å². The molecule has 0 saturated heterocycles. The number of halogens is 1. The number of hydrogen-bond donors (Lipinski definition) is 1. The van der Waals surface area contributed by atoms with E-state index in [1.165, 1.54) is 11.3 Å². The van der Waals surface area contributed by atoms with Crippen LogP contribution in [0.4, 0.5) is 0 Å². The highest BCUT2D eigenvalue weighted by molar-refractivity contribution is 9.10. The minimum atomic E-state index is -0.907. The molecule has 5 nitrogen and oxygen atoms in total. The van der Waals surface area contributed by atoms with Crippen molar-refractivity contribution >= 4 is 55.1 Å². The SMILES string of the molecule is COc1cc(/C=C(\CC(=O)O)c2nc3ccccc3s2)cc(Br)c1OC. The minimum absolute atomic E-state index is 0.119. The molecule has 3 aromatic rings. The van der Waals surface area contributed by atoms with Crippen LogP contribution in [0.25, 0.3) is 21.9 Å². The van der Waals surface area contributed by atoms with Gasteiger partial charge in [0.05, 0.1) is 35.3 Å². The lowest BCUT2D eigenvalue weighted by molar-refractivity contribution is -0.135. The van der Waals surface area contributed by atoms with E-state index in [1.807, 2.05) is 36.4 Å². The van der Waals surface area contributed by atoms with Crippen molar-refractivity contribution in [2.75, 3.05) is 14.2 Å². The first kappa shape index (κ1) is 18.4. The average Bonchev–Trinajstić information content (AvgIpc) is 3.04. The first-order chi connectivity index (χ1) is 12.5. The predicted molar refractivity (Wildman–Crippen MR) is 107 cm³/mol. The lowest BCUT2D eigenvalue weighted by atomic mass is 10.1. The van der Waals surface area contributed by atoms with E-state index >= 15 is 0 Å². The van der Waals surface area contributed by atoms with E-state index in [2.05, 4.69) is 20.9 Å². The fraction of sp³-hybridized carbons (Fsp3) is 0.158. The number of benzene rings is 2. The number of carbonyl (C=O) groups is 1. The molecule has 0 amide bonds. The summed E-state index contributed by atoms with van der Waals surface area (Å²) < 4.78 is 12.4. The molecule has 134 valence electrons. The van der Waals surface area contributed by atoms with Crippen LogP contribution in [0, 0.1) is 0 Å². The Morgan fingerprint density at radius 2 is 2.04 bits per heavy atom. The van der Waals surface area contributed by atoms with Crippen LogP contribution in [-0.2, 0) is 4.79 Å². The zero-order valence-corrected chi connectivity index (χ0v) is 16.6. The molecule has 0 fully saturated rings. The number of ether oxygens (including phenoxy) is 2.